The van der Waals surface area contributed by atoms with E-state index in [-0.39, 0.29) is 5.91 Å². The van der Waals surface area contributed by atoms with Gasteiger partial charge in [0.15, 0.2) is 0 Å². The van der Waals surface area contributed by atoms with Crippen molar-refractivity contribution in [1.82, 2.24) is 4.90 Å². The molecule has 3 rings (SSSR count). The highest BCUT2D eigenvalue weighted by atomic mass is 35.5. The standard InChI is InChI=1S/C20H22ClNO3S/c1-24-15-11-14(12-16(13-15)25-2)20(23)22-8-7-19(26-10-9-22)17-5-3-4-6-18(17)21/h3-6,11-13,19H,7-10H2,1-2H3. The summed E-state index contributed by atoms with van der Waals surface area (Å²) in [6, 6.07) is 13.2. The van der Waals surface area contributed by atoms with Crippen LogP contribution in [-0.2, 0) is 0 Å². The van der Waals surface area contributed by atoms with E-state index in [9.17, 15) is 4.79 Å². The first-order valence-corrected chi connectivity index (χ1v) is 9.93. The molecule has 4 nitrogen and oxygen atoms in total. The Hall–Kier alpha value is -1.85. The summed E-state index contributed by atoms with van der Waals surface area (Å²) in [4.78, 5) is 14.9. The van der Waals surface area contributed by atoms with E-state index in [1.54, 1.807) is 32.4 Å². The Morgan fingerprint density at radius 1 is 1.12 bits per heavy atom. The molecule has 26 heavy (non-hydrogen) atoms. The van der Waals surface area contributed by atoms with Gasteiger partial charge in [-0.3, -0.25) is 4.79 Å². The molecule has 0 saturated carbocycles. The SMILES string of the molecule is COc1cc(OC)cc(C(=O)N2CCSC(c3ccccc3Cl)CC2)c1. The average Bonchev–Trinajstić information content (AvgIpc) is 2.93. The zero-order valence-corrected chi connectivity index (χ0v) is 16.5. The number of thioether (sulfide) groups is 1. The van der Waals surface area contributed by atoms with Gasteiger partial charge in [-0.2, -0.15) is 11.8 Å². The second kappa shape index (κ2) is 8.69. The minimum absolute atomic E-state index is 0.00242. The molecule has 0 radical (unpaired) electrons. The van der Waals surface area contributed by atoms with E-state index in [4.69, 9.17) is 21.1 Å². The largest absolute Gasteiger partial charge is 0.497 e. The summed E-state index contributed by atoms with van der Waals surface area (Å²) in [7, 11) is 3.17. The van der Waals surface area contributed by atoms with Gasteiger partial charge in [0, 0.05) is 40.7 Å². The van der Waals surface area contributed by atoms with Crippen LogP contribution in [0.25, 0.3) is 0 Å². The molecule has 2 aromatic rings. The molecule has 0 aromatic heterocycles. The summed E-state index contributed by atoms with van der Waals surface area (Å²) < 4.78 is 10.6. The zero-order chi connectivity index (χ0) is 18.5. The monoisotopic (exact) mass is 391 g/mol. The van der Waals surface area contributed by atoms with Crippen molar-refractivity contribution >= 4 is 29.3 Å². The highest BCUT2D eigenvalue weighted by Crippen LogP contribution is 2.38. The number of hydrogen-bond donors (Lipinski definition) is 0. The molecular weight excluding hydrogens is 370 g/mol. The Bertz CT molecular complexity index is 761. The third-order valence-corrected chi connectivity index (χ3v) is 6.13. The molecule has 1 saturated heterocycles. The van der Waals surface area contributed by atoms with Gasteiger partial charge in [0.2, 0.25) is 0 Å². The van der Waals surface area contributed by atoms with Gasteiger partial charge < -0.3 is 14.4 Å². The van der Waals surface area contributed by atoms with Crippen LogP contribution >= 0.6 is 23.4 Å². The van der Waals surface area contributed by atoms with Crippen molar-refractivity contribution in [3.63, 3.8) is 0 Å². The highest BCUT2D eigenvalue weighted by molar-refractivity contribution is 7.99. The van der Waals surface area contributed by atoms with Crippen molar-refractivity contribution in [2.75, 3.05) is 33.1 Å². The number of carbonyl (C=O) groups excluding carboxylic acids is 1. The van der Waals surface area contributed by atoms with Crippen molar-refractivity contribution in [3.05, 3.63) is 58.6 Å². The lowest BCUT2D eigenvalue weighted by atomic mass is 10.1. The fraction of sp³-hybridized carbons (Fsp3) is 0.350. The predicted molar refractivity (Wildman–Crippen MR) is 107 cm³/mol. The van der Waals surface area contributed by atoms with E-state index in [2.05, 4.69) is 6.07 Å². The number of benzene rings is 2. The first-order chi connectivity index (χ1) is 12.6. The lowest BCUT2D eigenvalue weighted by molar-refractivity contribution is 0.0766. The van der Waals surface area contributed by atoms with Crippen molar-refractivity contribution in [2.45, 2.75) is 11.7 Å². The van der Waals surface area contributed by atoms with Crippen LogP contribution < -0.4 is 9.47 Å². The van der Waals surface area contributed by atoms with Gasteiger partial charge in [-0.05, 0) is 30.2 Å². The van der Waals surface area contributed by atoms with Gasteiger partial charge in [0.25, 0.3) is 5.91 Å². The molecule has 0 aliphatic carbocycles. The first-order valence-electron chi connectivity index (χ1n) is 8.50. The molecule has 1 aliphatic heterocycles. The Morgan fingerprint density at radius 3 is 2.46 bits per heavy atom. The van der Waals surface area contributed by atoms with Crippen LogP contribution in [-0.4, -0.2) is 43.9 Å². The molecule has 1 fully saturated rings. The van der Waals surface area contributed by atoms with Gasteiger partial charge in [0.1, 0.15) is 11.5 Å². The number of ether oxygens (including phenoxy) is 2. The summed E-state index contributed by atoms with van der Waals surface area (Å²) in [6.45, 7) is 1.41. The van der Waals surface area contributed by atoms with Gasteiger partial charge >= 0.3 is 0 Å². The van der Waals surface area contributed by atoms with Crippen LogP contribution in [0, 0.1) is 0 Å². The van der Waals surface area contributed by atoms with Crippen molar-refractivity contribution in [2.24, 2.45) is 0 Å². The maximum absolute atomic E-state index is 13.0. The number of methoxy groups -OCH3 is 2. The van der Waals surface area contributed by atoms with Gasteiger partial charge in [-0.25, -0.2) is 0 Å². The van der Waals surface area contributed by atoms with Crippen LogP contribution in [0.2, 0.25) is 5.02 Å². The third-order valence-electron chi connectivity index (χ3n) is 4.48. The van der Waals surface area contributed by atoms with Crippen LogP contribution in [0.3, 0.4) is 0 Å². The molecular formula is C20H22ClNO3S. The maximum atomic E-state index is 13.0. The summed E-state index contributed by atoms with van der Waals surface area (Å²) >= 11 is 8.21. The summed E-state index contributed by atoms with van der Waals surface area (Å²) in [5.41, 5.74) is 1.74. The highest BCUT2D eigenvalue weighted by Gasteiger charge is 2.24. The summed E-state index contributed by atoms with van der Waals surface area (Å²) in [5.74, 6) is 2.11. The van der Waals surface area contributed by atoms with Crippen LogP contribution in [0.5, 0.6) is 11.5 Å². The van der Waals surface area contributed by atoms with Crippen molar-refractivity contribution < 1.29 is 14.3 Å². The second-order valence-corrected chi connectivity index (χ2v) is 7.78. The molecule has 2 aromatic carbocycles. The van der Waals surface area contributed by atoms with Gasteiger partial charge in [-0.15, -0.1) is 0 Å². The lowest BCUT2D eigenvalue weighted by Crippen LogP contribution is -2.33. The summed E-state index contributed by atoms with van der Waals surface area (Å²) in [6.07, 6.45) is 0.876. The van der Waals surface area contributed by atoms with Crippen LogP contribution in [0.4, 0.5) is 0 Å². The van der Waals surface area contributed by atoms with E-state index in [1.165, 1.54) is 0 Å². The smallest absolute Gasteiger partial charge is 0.254 e. The molecule has 0 N–H and O–H groups in total. The number of nitrogens with zero attached hydrogens (tertiary/aromatic N) is 1. The Morgan fingerprint density at radius 2 is 1.81 bits per heavy atom. The molecule has 1 amide bonds. The minimum Gasteiger partial charge on any atom is -0.497 e. The van der Waals surface area contributed by atoms with E-state index < -0.39 is 0 Å². The van der Waals surface area contributed by atoms with Crippen LogP contribution in [0.15, 0.2) is 42.5 Å². The lowest BCUT2D eigenvalue weighted by Gasteiger charge is -2.21. The number of halogens is 1. The first kappa shape index (κ1) is 18.9. The van der Waals surface area contributed by atoms with Crippen LogP contribution in [0.1, 0.15) is 27.6 Å². The number of amides is 1. The molecule has 138 valence electrons. The quantitative estimate of drug-likeness (QED) is 0.758. The van der Waals surface area contributed by atoms with Crippen molar-refractivity contribution in [1.29, 1.82) is 0 Å². The molecule has 1 unspecified atom stereocenters. The number of rotatable bonds is 4. The second-order valence-electron chi connectivity index (χ2n) is 6.06. The molecule has 1 aliphatic rings. The molecule has 6 heteroatoms. The number of carbonyl (C=O) groups is 1. The van der Waals surface area contributed by atoms with E-state index in [0.29, 0.717) is 35.4 Å². The third kappa shape index (κ3) is 4.27. The zero-order valence-electron chi connectivity index (χ0n) is 14.9. The van der Waals surface area contributed by atoms with E-state index in [1.807, 2.05) is 34.9 Å². The average molecular weight is 392 g/mol. The molecule has 0 spiro atoms. The predicted octanol–water partition coefficient (Wildman–Crippen LogP) is 4.68. The van der Waals surface area contributed by atoms with Crippen molar-refractivity contribution in [3.8, 4) is 11.5 Å². The maximum Gasteiger partial charge on any atom is 0.254 e. The minimum atomic E-state index is 0.00242. The fourth-order valence-corrected chi connectivity index (χ4v) is 4.67. The Kier molecular flexibility index (Phi) is 6.33. The van der Waals surface area contributed by atoms with E-state index in [0.717, 1.165) is 22.8 Å². The molecule has 1 heterocycles. The van der Waals surface area contributed by atoms with Gasteiger partial charge in [-0.1, -0.05) is 29.8 Å². The molecule has 0 bridgehead atoms. The summed E-state index contributed by atoms with van der Waals surface area (Å²) in [5, 5.41) is 1.10. The fourth-order valence-electron chi connectivity index (χ4n) is 3.07. The topological polar surface area (TPSA) is 38.8 Å². The normalized spacial score (nSPS) is 17.5. The Balaban J connectivity index is 1.75. The van der Waals surface area contributed by atoms with Gasteiger partial charge in [0.05, 0.1) is 14.2 Å². The Labute approximate surface area is 163 Å². The molecule has 1 atom stereocenters. The van der Waals surface area contributed by atoms with E-state index >= 15 is 0 Å². The number of hydrogen-bond acceptors (Lipinski definition) is 4.